The van der Waals surface area contributed by atoms with Crippen molar-refractivity contribution < 1.29 is 4.79 Å². The van der Waals surface area contributed by atoms with Gasteiger partial charge in [0.15, 0.2) is 0 Å². The molecule has 0 atom stereocenters. The van der Waals surface area contributed by atoms with Crippen LogP contribution < -0.4 is 15.5 Å². The van der Waals surface area contributed by atoms with Gasteiger partial charge in [-0.05, 0) is 42.9 Å². The highest BCUT2D eigenvalue weighted by Gasteiger charge is 2.17. The van der Waals surface area contributed by atoms with Gasteiger partial charge in [-0.2, -0.15) is 0 Å². The van der Waals surface area contributed by atoms with Crippen LogP contribution in [-0.4, -0.2) is 29.1 Å². The predicted molar refractivity (Wildman–Crippen MR) is 101 cm³/mol. The van der Waals surface area contributed by atoms with Gasteiger partial charge in [-0.25, -0.2) is 14.8 Å². The van der Waals surface area contributed by atoms with Crippen molar-refractivity contribution in [3.8, 4) is 0 Å². The summed E-state index contributed by atoms with van der Waals surface area (Å²) >= 11 is 0. The minimum absolute atomic E-state index is 0.304. The average molecular weight is 339 g/mol. The Bertz CT molecular complexity index is 708. The van der Waals surface area contributed by atoms with E-state index in [1.165, 1.54) is 24.7 Å². The van der Waals surface area contributed by atoms with E-state index in [-0.39, 0.29) is 6.03 Å². The normalized spacial score (nSPS) is 15.0. The molecule has 6 heteroatoms. The van der Waals surface area contributed by atoms with Crippen LogP contribution in [0.4, 0.5) is 22.1 Å². The number of aryl methyl sites for hydroxylation is 1. The van der Waals surface area contributed by atoms with Crippen LogP contribution in [-0.2, 0) is 6.42 Å². The van der Waals surface area contributed by atoms with Gasteiger partial charge < -0.3 is 10.2 Å². The second-order valence-corrected chi connectivity index (χ2v) is 6.56. The quantitative estimate of drug-likeness (QED) is 0.886. The number of anilines is 3. The van der Waals surface area contributed by atoms with Crippen molar-refractivity contribution in [2.75, 3.05) is 28.6 Å². The lowest BCUT2D eigenvalue weighted by atomic mass is 9.99. The third kappa shape index (κ3) is 4.68. The van der Waals surface area contributed by atoms with Crippen molar-refractivity contribution in [1.29, 1.82) is 0 Å². The van der Waals surface area contributed by atoms with Gasteiger partial charge in [0, 0.05) is 24.8 Å². The molecule has 132 valence electrons. The molecule has 2 N–H and O–H groups in total. The third-order valence-electron chi connectivity index (χ3n) is 4.62. The Morgan fingerprint density at radius 3 is 2.56 bits per heavy atom. The van der Waals surface area contributed by atoms with E-state index in [2.05, 4.69) is 39.3 Å². The Labute approximate surface area is 148 Å². The molecule has 2 heterocycles. The molecule has 0 radical (unpaired) electrons. The Morgan fingerprint density at radius 1 is 1.16 bits per heavy atom. The number of nitrogens with zero attached hydrogens (tertiary/aromatic N) is 3. The molecule has 0 aliphatic carbocycles. The number of hydrogen-bond donors (Lipinski definition) is 2. The minimum atomic E-state index is -0.304. The second kappa shape index (κ2) is 7.96. The molecule has 0 saturated carbocycles. The predicted octanol–water partition coefficient (Wildman–Crippen LogP) is 3.92. The van der Waals surface area contributed by atoms with Gasteiger partial charge in [0.1, 0.15) is 18.0 Å². The molecular weight excluding hydrogens is 314 g/mol. The number of nitrogens with one attached hydrogen (secondary N) is 2. The molecule has 6 nitrogen and oxygen atoms in total. The maximum atomic E-state index is 12.2. The Balaban J connectivity index is 1.60. The largest absolute Gasteiger partial charge is 0.356 e. The highest BCUT2D eigenvalue weighted by atomic mass is 16.2. The molecule has 1 aliphatic heterocycles. The Hall–Kier alpha value is -2.63. The number of aromatic nitrogens is 2. The highest BCUT2D eigenvalue weighted by Crippen LogP contribution is 2.22. The summed E-state index contributed by atoms with van der Waals surface area (Å²) in [6.45, 7) is 6.37. The first kappa shape index (κ1) is 17.2. The summed E-state index contributed by atoms with van der Waals surface area (Å²) in [6, 6.07) is 9.35. The number of hydrogen-bond acceptors (Lipinski definition) is 4. The standard InChI is InChI=1S/C19H25N5O/c1-3-15-4-6-16(7-5-15)22-19(25)23-17-12-18(21-13-20-17)24-10-8-14(2)9-11-24/h4-7,12-14H,3,8-11H2,1-2H3,(H2,20,21,22,23,25). The molecule has 1 saturated heterocycles. The number of carbonyl (C=O) groups is 1. The zero-order chi connectivity index (χ0) is 17.6. The first-order valence-corrected chi connectivity index (χ1v) is 8.88. The van der Waals surface area contributed by atoms with E-state index in [0.717, 1.165) is 36.9 Å². The number of rotatable bonds is 4. The van der Waals surface area contributed by atoms with E-state index in [1.807, 2.05) is 30.3 Å². The maximum Gasteiger partial charge on any atom is 0.324 e. The van der Waals surface area contributed by atoms with Gasteiger partial charge in [-0.1, -0.05) is 26.0 Å². The summed E-state index contributed by atoms with van der Waals surface area (Å²) in [5.74, 6) is 2.14. The van der Waals surface area contributed by atoms with Crippen molar-refractivity contribution in [1.82, 2.24) is 9.97 Å². The van der Waals surface area contributed by atoms with Crippen molar-refractivity contribution in [2.24, 2.45) is 5.92 Å². The van der Waals surface area contributed by atoms with E-state index in [9.17, 15) is 4.79 Å². The van der Waals surface area contributed by atoms with Crippen LogP contribution in [0, 0.1) is 5.92 Å². The minimum Gasteiger partial charge on any atom is -0.356 e. The SMILES string of the molecule is CCc1ccc(NC(=O)Nc2cc(N3CCC(C)CC3)ncn2)cc1. The fraction of sp³-hybridized carbons (Fsp3) is 0.421. The number of carbonyl (C=O) groups excluding carboxylic acids is 1. The first-order chi connectivity index (χ1) is 12.1. The van der Waals surface area contributed by atoms with E-state index < -0.39 is 0 Å². The van der Waals surface area contributed by atoms with Gasteiger partial charge in [-0.15, -0.1) is 0 Å². The van der Waals surface area contributed by atoms with Gasteiger partial charge in [0.25, 0.3) is 0 Å². The summed E-state index contributed by atoms with van der Waals surface area (Å²) in [5, 5.41) is 5.60. The van der Waals surface area contributed by atoms with Crippen molar-refractivity contribution in [3.05, 3.63) is 42.2 Å². The zero-order valence-corrected chi connectivity index (χ0v) is 14.8. The fourth-order valence-corrected chi connectivity index (χ4v) is 2.93. The van der Waals surface area contributed by atoms with E-state index >= 15 is 0 Å². The van der Waals surface area contributed by atoms with Gasteiger partial charge in [-0.3, -0.25) is 5.32 Å². The van der Waals surface area contributed by atoms with Crippen LogP contribution in [0.2, 0.25) is 0 Å². The smallest absolute Gasteiger partial charge is 0.324 e. The summed E-state index contributed by atoms with van der Waals surface area (Å²) in [4.78, 5) is 22.9. The zero-order valence-electron chi connectivity index (χ0n) is 14.8. The van der Waals surface area contributed by atoms with E-state index in [4.69, 9.17) is 0 Å². The van der Waals surface area contributed by atoms with Crippen molar-refractivity contribution in [3.63, 3.8) is 0 Å². The van der Waals surface area contributed by atoms with Gasteiger partial charge >= 0.3 is 6.03 Å². The van der Waals surface area contributed by atoms with Crippen molar-refractivity contribution >= 4 is 23.4 Å². The van der Waals surface area contributed by atoms with Crippen LogP contribution in [0.1, 0.15) is 32.3 Å². The van der Waals surface area contributed by atoms with E-state index in [0.29, 0.717) is 5.82 Å². The lowest BCUT2D eigenvalue weighted by Crippen LogP contribution is -2.33. The summed E-state index contributed by atoms with van der Waals surface area (Å²) in [5.41, 5.74) is 2.00. The Kier molecular flexibility index (Phi) is 5.48. The molecule has 1 aliphatic rings. The number of benzene rings is 1. The molecule has 1 aromatic heterocycles. The average Bonchev–Trinajstić information content (AvgIpc) is 2.63. The highest BCUT2D eigenvalue weighted by molar-refractivity contribution is 5.99. The molecule has 1 fully saturated rings. The number of piperidine rings is 1. The van der Waals surface area contributed by atoms with Gasteiger partial charge in [0.2, 0.25) is 0 Å². The monoisotopic (exact) mass is 339 g/mol. The molecule has 0 bridgehead atoms. The second-order valence-electron chi connectivity index (χ2n) is 6.56. The topological polar surface area (TPSA) is 70.2 Å². The summed E-state index contributed by atoms with van der Waals surface area (Å²) < 4.78 is 0. The number of amides is 2. The van der Waals surface area contributed by atoms with Crippen LogP contribution in [0.3, 0.4) is 0 Å². The lowest BCUT2D eigenvalue weighted by molar-refractivity contribution is 0.262. The van der Waals surface area contributed by atoms with E-state index in [1.54, 1.807) is 0 Å². The maximum absolute atomic E-state index is 12.2. The lowest BCUT2D eigenvalue weighted by Gasteiger charge is -2.31. The van der Waals surface area contributed by atoms with Crippen molar-refractivity contribution in [2.45, 2.75) is 33.1 Å². The molecule has 25 heavy (non-hydrogen) atoms. The molecule has 2 aromatic rings. The summed E-state index contributed by atoms with van der Waals surface area (Å²) in [6.07, 6.45) is 4.81. The molecule has 0 unspecified atom stereocenters. The molecule has 2 amide bonds. The fourth-order valence-electron chi connectivity index (χ4n) is 2.93. The third-order valence-corrected chi connectivity index (χ3v) is 4.62. The first-order valence-electron chi connectivity index (χ1n) is 8.88. The Morgan fingerprint density at radius 2 is 1.88 bits per heavy atom. The van der Waals surface area contributed by atoms with Crippen LogP contribution in [0.15, 0.2) is 36.7 Å². The van der Waals surface area contributed by atoms with Crippen LogP contribution in [0.5, 0.6) is 0 Å². The molecule has 0 spiro atoms. The molecular formula is C19H25N5O. The van der Waals surface area contributed by atoms with Crippen LogP contribution in [0.25, 0.3) is 0 Å². The molecule has 3 rings (SSSR count). The summed E-state index contributed by atoms with van der Waals surface area (Å²) in [7, 11) is 0. The number of urea groups is 1. The molecule has 1 aromatic carbocycles. The van der Waals surface area contributed by atoms with Crippen LogP contribution >= 0.6 is 0 Å². The van der Waals surface area contributed by atoms with Gasteiger partial charge in [0.05, 0.1) is 0 Å².